The summed E-state index contributed by atoms with van der Waals surface area (Å²) in [6.45, 7) is 0.826. The lowest BCUT2D eigenvalue weighted by Gasteiger charge is -2.08. The highest BCUT2D eigenvalue weighted by Crippen LogP contribution is 2.28. The molecule has 1 atom stereocenters. The lowest BCUT2D eigenvalue weighted by atomic mass is 10.1. The summed E-state index contributed by atoms with van der Waals surface area (Å²) in [5, 5.41) is 5.18. The Labute approximate surface area is 105 Å². The first-order valence-corrected chi connectivity index (χ1v) is 5.88. The van der Waals surface area contributed by atoms with Crippen molar-refractivity contribution in [2.24, 2.45) is 0 Å². The van der Waals surface area contributed by atoms with Crippen LogP contribution in [0.1, 0.15) is 30.3 Å². The first kappa shape index (κ1) is 12.2. The van der Waals surface area contributed by atoms with Crippen LogP contribution in [0.3, 0.4) is 0 Å². The summed E-state index contributed by atoms with van der Waals surface area (Å²) in [4.78, 5) is 15.9. The number of halogens is 3. The Morgan fingerprint density at radius 3 is 2.79 bits per heavy atom. The van der Waals surface area contributed by atoms with Crippen LogP contribution < -0.4 is 10.9 Å². The van der Waals surface area contributed by atoms with Gasteiger partial charge in [0.15, 0.2) is 5.65 Å². The molecule has 2 aromatic heterocycles. The summed E-state index contributed by atoms with van der Waals surface area (Å²) in [7, 11) is 0. The molecule has 2 N–H and O–H groups in total. The highest BCUT2D eigenvalue weighted by Gasteiger charge is 2.33. The Bertz CT molecular complexity index is 667. The number of hydrogen-bond donors (Lipinski definition) is 2. The van der Waals surface area contributed by atoms with E-state index in [-0.39, 0.29) is 11.7 Å². The van der Waals surface area contributed by atoms with Crippen LogP contribution >= 0.6 is 0 Å². The Morgan fingerprint density at radius 1 is 1.37 bits per heavy atom. The Balaban J connectivity index is 2.12. The van der Waals surface area contributed by atoms with Gasteiger partial charge in [0.05, 0.1) is 5.69 Å². The molecule has 1 fully saturated rings. The van der Waals surface area contributed by atoms with Crippen molar-refractivity contribution in [3.63, 3.8) is 0 Å². The molecule has 3 rings (SSSR count). The van der Waals surface area contributed by atoms with Gasteiger partial charge in [0, 0.05) is 18.2 Å². The predicted octanol–water partition coefficient (Wildman–Crippen LogP) is 1.47. The monoisotopic (exact) mass is 272 g/mol. The molecular formula is C11H11F3N4O. The molecule has 0 spiro atoms. The quantitative estimate of drug-likeness (QED) is 0.826. The van der Waals surface area contributed by atoms with E-state index in [1.807, 2.05) is 5.10 Å². The van der Waals surface area contributed by atoms with E-state index in [0.717, 1.165) is 30.0 Å². The van der Waals surface area contributed by atoms with Gasteiger partial charge in [0.25, 0.3) is 5.56 Å². The summed E-state index contributed by atoms with van der Waals surface area (Å²) >= 11 is 0. The van der Waals surface area contributed by atoms with Crippen molar-refractivity contribution in [3.05, 3.63) is 33.9 Å². The average molecular weight is 272 g/mol. The van der Waals surface area contributed by atoms with Gasteiger partial charge in [0.2, 0.25) is 0 Å². The largest absolute Gasteiger partial charge is 0.432 e. The zero-order valence-corrected chi connectivity index (χ0v) is 9.79. The third-order valence-electron chi connectivity index (χ3n) is 3.19. The fourth-order valence-electron chi connectivity index (χ4n) is 2.27. The number of fused-ring (bicyclic) bond motifs is 1. The van der Waals surface area contributed by atoms with E-state index < -0.39 is 17.4 Å². The third kappa shape index (κ3) is 2.12. The van der Waals surface area contributed by atoms with Gasteiger partial charge in [-0.15, -0.1) is 0 Å². The maximum absolute atomic E-state index is 12.6. The van der Waals surface area contributed by atoms with Crippen LogP contribution in [0.15, 0.2) is 16.9 Å². The molecule has 1 saturated heterocycles. The lowest BCUT2D eigenvalue weighted by molar-refractivity contribution is -0.141. The minimum Gasteiger partial charge on any atom is -0.309 e. The van der Waals surface area contributed by atoms with Crippen LogP contribution in [-0.2, 0) is 6.18 Å². The SMILES string of the molecule is O=c1cc(C2CCCN2)nc2cc(C(F)(F)F)[nH]n12. The summed E-state index contributed by atoms with van der Waals surface area (Å²) in [6.07, 6.45) is -2.72. The van der Waals surface area contributed by atoms with Gasteiger partial charge >= 0.3 is 6.18 Å². The average Bonchev–Trinajstić information content (AvgIpc) is 2.96. The second-order valence-corrected chi connectivity index (χ2v) is 4.53. The number of H-pyrrole nitrogens is 1. The lowest BCUT2D eigenvalue weighted by Crippen LogP contribution is -2.21. The van der Waals surface area contributed by atoms with E-state index >= 15 is 0 Å². The second-order valence-electron chi connectivity index (χ2n) is 4.53. The first-order valence-electron chi connectivity index (χ1n) is 5.88. The number of nitrogens with zero attached hydrogens (tertiary/aromatic N) is 2. The van der Waals surface area contributed by atoms with E-state index in [4.69, 9.17) is 0 Å². The van der Waals surface area contributed by atoms with Crippen LogP contribution in [0.5, 0.6) is 0 Å². The maximum atomic E-state index is 12.6. The molecule has 0 aromatic carbocycles. The second kappa shape index (κ2) is 4.09. The van der Waals surface area contributed by atoms with Gasteiger partial charge in [-0.25, -0.2) is 9.50 Å². The summed E-state index contributed by atoms with van der Waals surface area (Å²) < 4.78 is 38.5. The van der Waals surface area contributed by atoms with E-state index in [9.17, 15) is 18.0 Å². The van der Waals surface area contributed by atoms with Crippen LogP contribution in [0.25, 0.3) is 5.65 Å². The maximum Gasteiger partial charge on any atom is 0.432 e. The molecule has 0 bridgehead atoms. The van der Waals surface area contributed by atoms with Crippen molar-refractivity contribution >= 4 is 5.65 Å². The predicted molar refractivity (Wildman–Crippen MR) is 60.8 cm³/mol. The van der Waals surface area contributed by atoms with Crippen molar-refractivity contribution in [3.8, 4) is 0 Å². The van der Waals surface area contributed by atoms with Gasteiger partial charge in [-0.1, -0.05) is 0 Å². The number of rotatable bonds is 1. The van der Waals surface area contributed by atoms with Crippen molar-refractivity contribution < 1.29 is 13.2 Å². The minimum atomic E-state index is -4.52. The minimum absolute atomic E-state index is 0.0106. The molecule has 0 aliphatic carbocycles. The fourth-order valence-corrected chi connectivity index (χ4v) is 2.27. The molecule has 0 saturated carbocycles. The molecule has 102 valence electrons. The highest BCUT2D eigenvalue weighted by atomic mass is 19.4. The Morgan fingerprint density at radius 2 is 2.16 bits per heavy atom. The van der Waals surface area contributed by atoms with Crippen molar-refractivity contribution in [2.75, 3.05) is 6.54 Å². The first-order chi connectivity index (χ1) is 8.95. The van der Waals surface area contributed by atoms with Gasteiger partial charge in [-0.2, -0.15) is 13.2 Å². The topological polar surface area (TPSA) is 62.2 Å². The summed E-state index contributed by atoms with van der Waals surface area (Å²) in [5.41, 5.74) is -1.03. The van der Waals surface area contributed by atoms with Gasteiger partial charge in [-0.05, 0) is 19.4 Å². The number of aromatic nitrogens is 3. The van der Waals surface area contributed by atoms with Crippen molar-refractivity contribution in [1.29, 1.82) is 0 Å². The molecular weight excluding hydrogens is 261 g/mol. The van der Waals surface area contributed by atoms with Crippen LogP contribution in [0, 0.1) is 0 Å². The number of hydrogen-bond acceptors (Lipinski definition) is 3. The van der Waals surface area contributed by atoms with Crippen LogP contribution in [0.2, 0.25) is 0 Å². The zero-order valence-electron chi connectivity index (χ0n) is 9.79. The van der Waals surface area contributed by atoms with Gasteiger partial charge in [-0.3, -0.25) is 9.89 Å². The molecule has 0 amide bonds. The Hall–Kier alpha value is -1.83. The smallest absolute Gasteiger partial charge is 0.309 e. The van der Waals surface area contributed by atoms with Crippen molar-refractivity contribution in [1.82, 2.24) is 19.9 Å². The molecule has 0 radical (unpaired) electrons. The van der Waals surface area contributed by atoms with Gasteiger partial charge < -0.3 is 5.32 Å². The molecule has 19 heavy (non-hydrogen) atoms. The van der Waals surface area contributed by atoms with E-state index in [1.54, 1.807) is 0 Å². The van der Waals surface area contributed by atoms with E-state index in [0.29, 0.717) is 5.69 Å². The Kier molecular flexibility index (Phi) is 2.63. The standard InChI is InChI=1S/C11H11F3N4O/c12-11(13,14)8-5-9-16-7(6-2-1-3-15-6)4-10(19)18(9)17-8/h4-6,15,17H,1-3H2. The molecule has 1 unspecified atom stereocenters. The van der Waals surface area contributed by atoms with Crippen LogP contribution in [0.4, 0.5) is 13.2 Å². The van der Waals surface area contributed by atoms with Crippen molar-refractivity contribution in [2.45, 2.75) is 25.1 Å². The third-order valence-corrected chi connectivity index (χ3v) is 3.19. The molecule has 3 heterocycles. The number of alkyl halides is 3. The van der Waals surface area contributed by atoms with E-state index in [1.165, 1.54) is 6.07 Å². The van der Waals surface area contributed by atoms with Gasteiger partial charge in [0.1, 0.15) is 5.69 Å². The van der Waals surface area contributed by atoms with E-state index in [2.05, 4.69) is 10.3 Å². The molecule has 8 heteroatoms. The normalized spacial score (nSPS) is 20.3. The number of aromatic amines is 1. The summed E-state index contributed by atoms with van der Waals surface area (Å²) in [5.74, 6) is 0. The highest BCUT2D eigenvalue weighted by molar-refractivity contribution is 5.41. The molecule has 1 aliphatic rings. The molecule has 1 aliphatic heterocycles. The fraction of sp³-hybridized carbons (Fsp3) is 0.455. The molecule has 2 aromatic rings. The zero-order chi connectivity index (χ0) is 13.6. The molecule has 5 nitrogen and oxygen atoms in total. The van der Waals surface area contributed by atoms with Crippen LogP contribution in [-0.4, -0.2) is 21.1 Å². The summed E-state index contributed by atoms with van der Waals surface area (Å²) in [6, 6.07) is 2.06. The number of nitrogens with one attached hydrogen (secondary N) is 2.